The normalized spacial score (nSPS) is 20.4. The highest BCUT2D eigenvalue weighted by Gasteiger charge is 2.19. The average Bonchev–Trinajstić information content (AvgIpc) is 2.32. The molecule has 1 heterocycles. The molecule has 2 nitrogen and oxygen atoms in total. The first-order chi connectivity index (χ1) is 8.24. The zero-order valence-corrected chi connectivity index (χ0v) is 10.7. The molecule has 1 aliphatic heterocycles. The molecule has 0 aliphatic carbocycles. The fraction of sp³-hybridized carbons (Fsp3) is 0.600. The van der Waals surface area contributed by atoms with E-state index in [1.54, 1.807) is 0 Å². The van der Waals surface area contributed by atoms with E-state index in [9.17, 15) is 5.11 Å². The standard InChI is InChI=1S/C15H23NO/c1-13(17)12-16-9-7-15(8-10-16)11-14-5-3-2-4-6-14/h2-6,13,15,17H,7-12H2,1H3/t13-/m1/s1. The number of aliphatic hydroxyl groups excluding tert-OH is 1. The summed E-state index contributed by atoms with van der Waals surface area (Å²) in [5.74, 6) is 0.822. The number of aliphatic hydroxyl groups is 1. The Morgan fingerprint density at radius 2 is 1.88 bits per heavy atom. The highest BCUT2D eigenvalue weighted by Crippen LogP contribution is 2.21. The zero-order valence-electron chi connectivity index (χ0n) is 10.7. The summed E-state index contributed by atoms with van der Waals surface area (Å²) in [5, 5.41) is 9.36. The van der Waals surface area contributed by atoms with Crippen LogP contribution in [0, 0.1) is 5.92 Å². The topological polar surface area (TPSA) is 23.5 Å². The molecule has 1 N–H and O–H groups in total. The number of nitrogens with zero attached hydrogens (tertiary/aromatic N) is 1. The van der Waals surface area contributed by atoms with E-state index in [1.807, 2.05) is 6.92 Å². The molecule has 1 aromatic carbocycles. The van der Waals surface area contributed by atoms with Gasteiger partial charge < -0.3 is 10.0 Å². The average molecular weight is 233 g/mol. The van der Waals surface area contributed by atoms with Crippen molar-refractivity contribution < 1.29 is 5.11 Å². The van der Waals surface area contributed by atoms with Gasteiger partial charge in [0.2, 0.25) is 0 Å². The van der Waals surface area contributed by atoms with Crippen LogP contribution < -0.4 is 0 Å². The van der Waals surface area contributed by atoms with E-state index in [0.29, 0.717) is 0 Å². The van der Waals surface area contributed by atoms with Gasteiger partial charge >= 0.3 is 0 Å². The summed E-state index contributed by atoms with van der Waals surface area (Å²) >= 11 is 0. The number of piperidine rings is 1. The predicted molar refractivity (Wildman–Crippen MR) is 71.0 cm³/mol. The summed E-state index contributed by atoms with van der Waals surface area (Å²) in [5.41, 5.74) is 1.46. The summed E-state index contributed by atoms with van der Waals surface area (Å²) in [6.45, 7) is 4.99. The van der Waals surface area contributed by atoms with E-state index in [2.05, 4.69) is 35.2 Å². The van der Waals surface area contributed by atoms with Gasteiger partial charge in [-0.2, -0.15) is 0 Å². The Morgan fingerprint density at radius 3 is 2.47 bits per heavy atom. The van der Waals surface area contributed by atoms with Gasteiger partial charge in [-0.1, -0.05) is 30.3 Å². The summed E-state index contributed by atoms with van der Waals surface area (Å²) in [4.78, 5) is 2.38. The van der Waals surface area contributed by atoms with Crippen molar-refractivity contribution in [3.63, 3.8) is 0 Å². The Labute approximate surface area is 104 Å². The molecule has 2 rings (SSSR count). The number of benzene rings is 1. The Hall–Kier alpha value is -0.860. The van der Waals surface area contributed by atoms with E-state index in [1.165, 1.54) is 24.8 Å². The lowest BCUT2D eigenvalue weighted by atomic mass is 9.90. The van der Waals surface area contributed by atoms with Gasteiger partial charge in [0.05, 0.1) is 6.10 Å². The molecule has 1 aliphatic rings. The molecule has 0 amide bonds. The lowest BCUT2D eigenvalue weighted by Gasteiger charge is -2.32. The van der Waals surface area contributed by atoms with Crippen LogP contribution in [-0.2, 0) is 6.42 Å². The van der Waals surface area contributed by atoms with Crippen LogP contribution in [-0.4, -0.2) is 35.7 Å². The highest BCUT2D eigenvalue weighted by atomic mass is 16.3. The molecule has 0 aromatic heterocycles. The number of likely N-dealkylation sites (tertiary alicyclic amines) is 1. The van der Waals surface area contributed by atoms with Gasteiger partial charge in [0.25, 0.3) is 0 Å². The van der Waals surface area contributed by atoms with Gasteiger partial charge in [0.15, 0.2) is 0 Å². The van der Waals surface area contributed by atoms with E-state index < -0.39 is 0 Å². The minimum Gasteiger partial charge on any atom is -0.392 e. The second kappa shape index (κ2) is 6.18. The van der Waals surface area contributed by atoms with Crippen molar-refractivity contribution in [3.05, 3.63) is 35.9 Å². The van der Waals surface area contributed by atoms with Crippen LogP contribution in [0.5, 0.6) is 0 Å². The molecule has 1 atom stereocenters. The van der Waals surface area contributed by atoms with Crippen molar-refractivity contribution in [2.24, 2.45) is 5.92 Å². The summed E-state index contributed by atoms with van der Waals surface area (Å²) < 4.78 is 0. The molecule has 94 valence electrons. The third-order valence-corrected chi connectivity index (χ3v) is 3.60. The van der Waals surface area contributed by atoms with Crippen LogP contribution in [0.25, 0.3) is 0 Å². The first-order valence-electron chi connectivity index (χ1n) is 6.68. The number of hydrogen-bond acceptors (Lipinski definition) is 2. The minimum atomic E-state index is -0.194. The monoisotopic (exact) mass is 233 g/mol. The fourth-order valence-electron chi connectivity index (χ4n) is 2.69. The van der Waals surface area contributed by atoms with Crippen molar-refractivity contribution in [2.45, 2.75) is 32.3 Å². The van der Waals surface area contributed by atoms with E-state index in [0.717, 1.165) is 25.6 Å². The van der Waals surface area contributed by atoms with Crippen molar-refractivity contribution in [3.8, 4) is 0 Å². The minimum absolute atomic E-state index is 0.194. The van der Waals surface area contributed by atoms with Crippen LogP contribution in [0.4, 0.5) is 0 Å². The van der Waals surface area contributed by atoms with Gasteiger partial charge in [0.1, 0.15) is 0 Å². The second-order valence-electron chi connectivity index (χ2n) is 5.28. The lowest BCUT2D eigenvalue weighted by molar-refractivity contribution is 0.100. The van der Waals surface area contributed by atoms with E-state index >= 15 is 0 Å². The first kappa shape index (κ1) is 12.6. The van der Waals surface area contributed by atoms with Crippen molar-refractivity contribution in [1.82, 2.24) is 4.90 Å². The number of hydrogen-bond donors (Lipinski definition) is 1. The quantitative estimate of drug-likeness (QED) is 0.862. The van der Waals surface area contributed by atoms with Crippen molar-refractivity contribution in [1.29, 1.82) is 0 Å². The van der Waals surface area contributed by atoms with Gasteiger partial charge in [0, 0.05) is 6.54 Å². The van der Waals surface area contributed by atoms with Crippen LogP contribution in [0.1, 0.15) is 25.3 Å². The van der Waals surface area contributed by atoms with Gasteiger partial charge in [-0.15, -0.1) is 0 Å². The predicted octanol–water partition coefficient (Wildman–Crippen LogP) is 2.32. The third kappa shape index (κ3) is 4.14. The maximum Gasteiger partial charge on any atom is 0.0639 e. The molecule has 2 heteroatoms. The van der Waals surface area contributed by atoms with E-state index in [4.69, 9.17) is 0 Å². The molecule has 0 bridgehead atoms. The van der Waals surface area contributed by atoms with Gasteiger partial charge in [-0.25, -0.2) is 0 Å². The summed E-state index contributed by atoms with van der Waals surface area (Å²) in [7, 11) is 0. The Kier molecular flexibility index (Phi) is 4.57. The lowest BCUT2D eigenvalue weighted by Crippen LogP contribution is -2.38. The largest absolute Gasteiger partial charge is 0.392 e. The number of rotatable bonds is 4. The smallest absolute Gasteiger partial charge is 0.0639 e. The fourth-order valence-corrected chi connectivity index (χ4v) is 2.69. The molecule has 1 fully saturated rings. The molecule has 0 radical (unpaired) electrons. The van der Waals surface area contributed by atoms with Gasteiger partial charge in [-0.3, -0.25) is 0 Å². The summed E-state index contributed by atoms with van der Waals surface area (Å²) in [6.07, 6.45) is 3.55. The zero-order chi connectivity index (χ0) is 12.1. The Bertz CT molecular complexity index is 315. The van der Waals surface area contributed by atoms with E-state index in [-0.39, 0.29) is 6.10 Å². The first-order valence-corrected chi connectivity index (χ1v) is 6.68. The molecular weight excluding hydrogens is 210 g/mol. The molecule has 0 saturated carbocycles. The highest BCUT2D eigenvalue weighted by molar-refractivity contribution is 5.15. The molecule has 0 unspecified atom stereocenters. The van der Waals surface area contributed by atoms with Crippen molar-refractivity contribution in [2.75, 3.05) is 19.6 Å². The maximum atomic E-state index is 9.36. The Balaban J connectivity index is 1.76. The molecule has 1 aromatic rings. The molecule has 1 saturated heterocycles. The SMILES string of the molecule is C[C@@H](O)CN1CCC(Cc2ccccc2)CC1. The van der Waals surface area contributed by atoms with Crippen LogP contribution in [0.15, 0.2) is 30.3 Å². The maximum absolute atomic E-state index is 9.36. The third-order valence-electron chi connectivity index (χ3n) is 3.60. The molecule has 17 heavy (non-hydrogen) atoms. The van der Waals surface area contributed by atoms with Crippen LogP contribution >= 0.6 is 0 Å². The Morgan fingerprint density at radius 1 is 1.24 bits per heavy atom. The van der Waals surface area contributed by atoms with Gasteiger partial charge in [-0.05, 0) is 50.8 Å². The second-order valence-corrected chi connectivity index (χ2v) is 5.28. The van der Waals surface area contributed by atoms with Crippen LogP contribution in [0.3, 0.4) is 0 Å². The summed E-state index contributed by atoms with van der Waals surface area (Å²) in [6, 6.07) is 10.8. The number of β-amino-alcohol motifs (C(OH)–C–C–N with tert-alkyl or cyclic N) is 1. The van der Waals surface area contributed by atoms with Crippen LogP contribution in [0.2, 0.25) is 0 Å². The van der Waals surface area contributed by atoms with Crippen molar-refractivity contribution >= 4 is 0 Å². The molecular formula is C15H23NO. The molecule has 0 spiro atoms.